The second-order valence-electron chi connectivity index (χ2n) is 4.42. The molecule has 2 heteroatoms. The summed E-state index contributed by atoms with van der Waals surface area (Å²) >= 11 is 0. The molecule has 0 unspecified atom stereocenters. The maximum absolute atomic E-state index is 9.00. The minimum absolute atomic E-state index is 0.241. The van der Waals surface area contributed by atoms with Crippen LogP contribution in [0.2, 0.25) is 0 Å². The molecule has 0 spiro atoms. The first-order chi connectivity index (χ1) is 7.67. The van der Waals surface area contributed by atoms with E-state index in [4.69, 9.17) is 5.11 Å². The third kappa shape index (κ3) is 3.95. The molecule has 0 bridgehead atoms. The molecule has 1 aromatic rings. The van der Waals surface area contributed by atoms with Gasteiger partial charge < -0.3 is 5.11 Å². The van der Waals surface area contributed by atoms with Gasteiger partial charge in [-0.3, -0.25) is 4.90 Å². The first-order valence-electron chi connectivity index (χ1n) is 6.06. The number of hydrogen-bond donors (Lipinski definition) is 1. The van der Waals surface area contributed by atoms with Gasteiger partial charge in [0.1, 0.15) is 0 Å². The Morgan fingerprint density at radius 2 is 1.88 bits per heavy atom. The van der Waals surface area contributed by atoms with Crippen LogP contribution in [0.5, 0.6) is 0 Å². The van der Waals surface area contributed by atoms with Crippen LogP contribution >= 0.6 is 0 Å². The molecule has 1 rings (SSSR count). The lowest BCUT2D eigenvalue weighted by Gasteiger charge is -2.21. The van der Waals surface area contributed by atoms with Crippen LogP contribution in [0.3, 0.4) is 0 Å². The second-order valence-corrected chi connectivity index (χ2v) is 4.42. The lowest BCUT2D eigenvalue weighted by molar-refractivity contribution is 0.190. The van der Waals surface area contributed by atoms with Gasteiger partial charge in [-0.05, 0) is 43.5 Å². The van der Waals surface area contributed by atoms with E-state index in [1.807, 2.05) is 0 Å². The number of aliphatic hydroxyl groups is 1. The maximum atomic E-state index is 9.00. The summed E-state index contributed by atoms with van der Waals surface area (Å²) in [6.45, 7) is 9.45. The highest BCUT2D eigenvalue weighted by molar-refractivity contribution is 5.29. The molecule has 0 aliphatic rings. The van der Waals surface area contributed by atoms with Crippen LogP contribution in [0.1, 0.15) is 30.0 Å². The summed E-state index contributed by atoms with van der Waals surface area (Å²) in [6.07, 6.45) is 1.13. The van der Waals surface area contributed by atoms with Crippen LogP contribution in [-0.4, -0.2) is 29.7 Å². The zero-order chi connectivity index (χ0) is 12.0. The largest absolute Gasteiger partial charge is 0.395 e. The Hall–Kier alpha value is -0.860. The quantitative estimate of drug-likeness (QED) is 0.798. The van der Waals surface area contributed by atoms with Crippen LogP contribution in [0, 0.1) is 13.8 Å². The van der Waals surface area contributed by atoms with Gasteiger partial charge in [0.25, 0.3) is 0 Å². The molecule has 0 amide bonds. The lowest BCUT2D eigenvalue weighted by Crippen LogP contribution is -2.27. The van der Waals surface area contributed by atoms with E-state index in [0.717, 1.165) is 26.1 Å². The molecule has 0 saturated heterocycles. The number of rotatable bonds is 6. The third-order valence-corrected chi connectivity index (χ3v) is 2.93. The van der Waals surface area contributed by atoms with Gasteiger partial charge in [0.05, 0.1) is 6.61 Å². The molecule has 1 N–H and O–H groups in total. The average molecular weight is 221 g/mol. The smallest absolute Gasteiger partial charge is 0.0558 e. The van der Waals surface area contributed by atoms with E-state index in [-0.39, 0.29) is 6.61 Å². The highest BCUT2D eigenvalue weighted by atomic mass is 16.3. The molecule has 16 heavy (non-hydrogen) atoms. The van der Waals surface area contributed by atoms with Gasteiger partial charge in [0.15, 0.2) is 0 Å². The Morgan fingerprint density at radius 1 is 1.12 bits per heavy atom. The molecular formula is C14H23NO. The van der Waals surface area contributed by atoms with E-state index in [2.05, 4.69) is 43.9 Å². The van der Waals surface area contributed by atoms with Crippen molar-refractivity contribution < 1.29 is 5.11 Å². The monoisotopic (exact) mass is 221 g/mol. The number of aliphatic hydroxyl groups excluding tert-OH is 1. The summed E-state index contributed by atoms with van der Waals surface area (Å²) in [7, 11) is 0. The molecule has 0 aromatic heterocycles. The van der Waals surface area contributed by atoms with Crippen molar-refractivity contribution in [2.75, 3.05) is 19.7 Å². The number of hydrogen-bond acceptors (Lipinski definition) is 2. The van der Waals surface area contributed by atoms with Crippen LogP contribution in [0.15, 0.2) is 18.2 Å². The van der Waals surface area contributed by atoms with Gasteiger partial charge in [0, 0.05) is 13.1 Å². The minimum Gasteiger partial charge on any atom is -0.395 e. The normalized spacial score (nSPS) is 11.1. The summed E-state index contributed by atoms with van der Waals surface area (Å²) in [5.74, 6) is 0. The van der Waals surface area contributed by atoms with Crippen molar-refractivity contribution in [3.05, 3.63) is 34.9 Å². The van der Waals surface area contributed by atoms with Crippen molar-refractivity contribution in [1.29, 1.82) is 0 Å². The van der Waals surface area contributed by atoms with Crippen LogP contribution in [-0.2, 0) is 6.54 Å². The number of benzene rings is 1. The molecule has 0 saturated carbocycles. The van der Waals surface area contributed by atoms with Gasteiger partial charge in [-0.1, -0.05) is 25.1 Å². The summed E-state index contributed by atoms with van der Waals surface area (Å²) in [5, 5.41) is 9.00. The lowest BCUT2D eigenvalue weighted by atomic mass is 10.1. The molecule has 0 atom stereocenters. The van der Waals surface area contributed by atoms with Gasteiger partial charge in [0.2, 0.25) is 0 Å². The van der Waals surface area contributed by atoms with E-state index in [9.17, 15) is 0 Å². The van der Waals surface area contributed by atoms with E-state index in [1.165, 1.54) is 16.7 Å². The Bertz CT molecular complexity index is 317. The fourth-order valence-electron chi connectivity index (χ4n) is 1.89. The second kappa shape index (κ2) is 6.66. The zero-order valence-corrected chi connectivity index (χ0v) is 10.7. The Morgan fingerprint density at radius 3 is 2.44 bits per heavy atom. The summed E-state index contributed by atoms with van der Waals surface area (Å²) in [4.78, 5) is 2.30. The molecule has 0 radical (unpaired) electrons. The van der Waals surface area contributed by atoms with Crippen LogP contribution in [0.4, 0.5) is 0 Å². The van der Waals surface area contributed by atoms with Gasteiger partial charge in [-0.25, -0.2) is 0 Å². The zero-order valence-electron chi connectivity index (χ0n) is 10.7. The van der Waals surface area contributed by atoms with Crippen molar-refractivity contribution in [3.63, 3.8) is 0 Å². The molecule has 1 aromatic carbocycles. The molecule has 0 aliphatic carbocycles. The fourth-order valence-corrected chi connectivity index (χ4v) is 1.89. The molecule has 0 heterocycles. The van der Waals surface area contributed by atoms with Crippen molar-refractivity contribution in [2.24, 2.45) is 0 Å². The summed E-state index contributed by atoms with van der Waals surface area (Å²) < 4.78 is 0. The van der Waals surface area contributed by atoms with Crippen LogP contribution < -0.4 is 0 Å². The Labute approximate surface area is 98.9 Å². The van der Waals surface area contributed by atoms with Gasteiger partial charge in [-0.2, -0.15) is 0 Å². The first-order valence-corrected chi connectivity index (χ1v) is 6.06. The number of nitrogens with zero attached hydrogens (tertiary/aromatic N) is 1. The van der Waals surface area contributed by atoms with Gasteiger partial charge >= 0.3 is 0 Å². The first kappa shape index (κ1) is 13.2. The highest BCUT2D eigenvalue weighted by Gasteiger charge is 2.04. The van der Waals surface area contributed by atoms with Crippen molar-refractivity contribution in [3.8, 4) is 0 Å². The van der Waals surface area contributed by atoms with Crippen LogP contribution in [0.25, 0.3) is 0 Å². The standard InChI is InChI=1S/C14H23NO/c1-4-7-15(8-9-16)11-14-6-5-12(2)13(3)10-14/h5-6,10,16H,4,7-9,11H2,1-3H3. The molecule has 0 fully saturated rings. The maximum Gasteiger partial charge on any atom is 0.0558 e. The van der Waals surface area contributed by atoms with Crippen molar-refractivity contribution in [2.45, 2.75) is 33.7 Å². The van der Waals surface area contributed by atoms with Crippen molar-refractivity contribution in [1.82, 2.24) is 4.90 Å². The van der Waals surface area contributed by atoms with Crippen molar-refractivity contribution >= 4 is 0 Å². The number of aryl methyl sites for hydroxylation is 2. The minimum atomic E-state index is 0.241. The average Bonchev–Trinajstić information content (AvgIpc) is 2.24. The molecule has 0 aliphatic heterocycles. The van der Waals surface area contributed by atoms with E-state index < -0.39 is 0 Å². The van der Waals surface area contributed by atoms with E-state index in [1.54, 1.807) is 0 Å². The molecule has 2 nitrogen and oxygen atoms in total. The molecular weight excluding hydrogens is 198 g/mol. The van der Waals surface area contributed by atoms with Gasteiger partial charge in [-0.15, -0.1) is 0 Å². The fraction of sp³-hybridized carbons (Fsp3) is 0.571. The van der Waals surface area contributed by atoms with E-state index >= 15 is 0 Å². The topological polar surface area (TPSA) is 23.5 Å². The van der Waals surface area contributed by atoms with E-state index in [0.29, 0.717) is 0 Å². The summed E-state index contributed by atoms with van der Waals surface area (Å²) in [5.41, 5.74) is 4.02. The predicted molar refractivity (Wildman–Crippen MR) is 68.6 cm³/mol. The third-order valence-electron chi connectivity index (χ3n) is 2.93. The predicted octanol–water partition coefficient (Wildman–Crippen LogP) is 2.51. The highest BCUT2D eigenvalue weighted by Crippen LogP contribution is 2.12. The Balaban J connectivity index is 2.65. The summed E-state index contributed by atoms with van der Waals surface area (Å²) in [6, 6.07) is 6.60. The SMILES string of the molecule is CCCN(CCO)Cc1ccc(C)c(C)c1. The Kier molecular flexibility index (Phi) is 5.50. The molecule has 90 valence electrons.